The van der Waals surface area contributed by atoms with Crippen molar-refractivity contribution in [2.24, 2.45) is 0 Å². The lowest BCUT2D eigenvalue weighted by atomic mass is 10.1. The summed E-state index contributed by atoms with van der Waals surface area (Å²) in [5.74, 6) is 2.50. The molecule has 0 spiro atoms. The summed E-state index contributed by atoms with van der Waals surface area (Å²) in [6, 6.07) is 5.27. The lowest BCUT2D eigenvalue weighted by molar-refractivity contribution is 0.0983. The number of hydrogen-bond donors (Lipinski definition) is 0. The molecule has 0 fully saturated rings. The maximum atomic E-state index is 11.6. The maximum Gasteiger partial charge on any atom is 0.164 e. The Morgan fingerprint density at radius 2 is 2.29 bits per heavy atom. The molecule has 0 aliphatic carbocycles. The second kappa shape index (κ2) is 5.38. The third-order valence-corrected chi connectivity index (χ3v) is 2.90. The summed E-state index contributed by atoms with van der Waals surface area (Å²) in [5, 5.41) is 0.578. The second-order valence-electron chi connectivity index (χ2n) is 2.75. The van der Waals surface area contributed by atoms with E-state index in [9.17, 15) is 4.79 Å². The van der Waals surface area contributed by atoms with Gasteiger partial charge in [-0.3, -0.25) is 4.79 Å². The minimum atomic E-state index is 0.0508. The molecule has 0 radical (unpaired) electrons. The van der Waals surface area contributed by atoms with Crippen LogP contribution >= 0.6 is 34.2 Å². The van der Waals surface area contributed by atoms with Crippen LogP contribution in [0.2, 0.25) is 5.02 Å². The van der Waals surface area contributed by atoms with Gasteiger partial charge in [-0.2, -0.15) is 0 Å². The minimum absolute atomic E-state index is 0.0508. The molecule has 0 saturated heterocycles. The maximum absolute atomic E-state index is 11.6. The Kier molecular flexibility index (Phi) is 4.43. The van der Waals surface area contributed by atoms with Crippen molar-refractivity contribution < 1.29 is 4.79 Å². The van der Waals surface area contributed by atoms with Crippen LogP contribution in [0.1, 0.15) is 23.2 Å². The van der Waals surface area contributed by atoms with E-state index in [2.05, 4.69) is 28.5 Å². The van der Waals surface area contributed by atoms with Gasteiger partial charge >= 0.3 is 0 Å². The van der Waals surface area contributed by atoms with Gasteiger partial charge in [-0.25, -0.2) is 0 Å². The molecule has 0 amide bonds. The summed E-state index contributed by atoms with van der Waals surface area (Å²) >= 11 is 7.91. The Labute approximate surface area is 102 Å². The first kappa shape index (κ1) is 11.5. The Morgan fingerprint density at radius 3 is 2.93 bits per heavy atom. The summed E-state index contributed by atoms with van der Waals surface area (Å²) in [5.41, 5.74) is 0.661. The van der Waals surface area contributed by atoms with Crippen LogP contribution < -0.4 is 0 Å². The lowest BCUT2D eigenvalue weighted by Crippen LogP contribution is -2.01. The van der Waals surface area contributed by atoms with Crippen molar-refractivity contribution in [3.63, 3.8) is 0 Å². The highest BCUT2D eigenvalue weighted by molar-refractivity contribution is 14.1. The molecule has 3 heteroatoms. The van der Waals surface area contributed by atoms with Crippen molar-refractivity contribution in [1.29, 1.82) is 0 Å². The van der Waals surface area contributed by atoms with E-state index in [1.807, 2.05) is 6.07 Å². The van der Waals surface area contributed by atoms with Crippen molar-refractivity contribution in [2.45, 2.75) is 12.8 Å². The second-order valence-corrected chi connectivity index (χ2v) is 4.35. The van der Waals surface area contributed by atoms with Crippen LogP contribution in [-0.2, 0) is 0 Å². The molecule has 0 aliphatic heterocycles. The Morgan fingerprint density at radius 1 is 1.57 bits per heavy atom. The molecule has 0 saturated carbocycles. The van der Waals surface area contributed by atoms with Crippen molar-refractivity contribution >= 4 is 40.0 Å². The minimum Gasteiger partial charge on any atom is -0.294 e. The quantitative estimate of drug-likeness (QED) is 0.473. The number of rotatable bonds is 3. The van der Waals surface area contributed by atoms with E-state index in [4.69, 9.17) is 18.0 Å². The Balaban J connectivity index is 2.90. The van der Waals surface area contributed by atoms with E-state index in [0.29, 0.717) is 23.4 Å². The predicted molar refractivity (Wildman–Crippen MR) is 66.6 cm³/mol. The molecule has 1 aromatic rings. The van der Waals surface area contributed by atoms with E-state index in [-0.39, 0.29) is 5.78 Å². The van der Waals surface area contributed by atoms with E-state index < -0.39 is 0 Å². The monoisotopic (exact) mass is 318 g/mol. The van der Waals surface area contributed by atoms with Crippen LogP contribution in [0.4, 0.5) is 0 Å². The molecule has 0 bridgehead atoms. The molecule has 1 aromatic carbocycles. The molecule has 0 heterocycles. The molecule has 0 unspecified atom stereocenters. The zero-order chi connectivity index (χ0) is 10.6. The van der Waals surface area contributed by atoms with Gasteiger partial charge in [0.15, 0.2) is 5.78 Å². The zero-order valence-electron chi connectivity index (χ0n) is 7.39. The molecule has 14 heavy (non-hydrogen) atoms. The van der Waals surface area contributed by atoms with E-state index >= 15 is 0 Å². The van der Waals surface area contributed by atoms with Crippen LogP contribution in [0.25, 0.3) is 0 Å². The van der Waals surface area contributed by atoms with E-state index in [1.165, 1.54) is 0 Å². The molecule has 0 N–H and O–H groups in total. The highest BCUT2D eigenvalue weighted by atomic mass is 127. The number of carbonyl (C=O) groups excluding carboxylic acids is 1. The van der Waals surface area contributed by atoms with Crippen LogP contribution in [0, 0.1) is 15.9 Å². The molecular weight excluding hydrogens is 310 g/mol. The van der Waals surface area contributed by atoms with Gasteiger partial charge in [-0.15, -0.1) is 12.3 Å². The van der Waals surface area contributed by atoms with Crippen molar-refractivity contribution in [1.82, 2.24) is 0 Å². The van der Waals surface area contributed by atoms with Gasteiger partial charge in [0.25, 0.3) is 0 Å². The van der Waals surface area contributed by atoms with Gasteiger partial charge in [0.1, 0.15) is 0 Å². The summed E-state index contributed by atoms with van der Waals surface area (Å²) in [4.78, 5) is 11.6. The number of ketones is 1. The van der Waals surface area contributed by atoms with E-state index in [0.717, 1.165) is 3.57 Å². The summed E-state index contributed by atoms with van der Waals surface area (Å²) in [6.07, 6.45) is 5.95. The number of terminal acetylenes is 1. The predicted octanol–water partition coefficient (Wildman–Crippen LogP) is 3.54. The first-order chi connectivity index (χ1) is 6.65. The number of Topliss-reactive ketones (excluding diaryl/α,β-unsaturated/α-hetero) is 1. The number of hydrogen-bond acceptors (Lipinski definition) is 1. The number of carbonyl (C=O) groups is 1. The largest absolute Gasteiger partial charge is 0.294 e. The average molecular weight is 319 g/mol. The van der Waals surface area contributed by atoms with Gasteiger partial charge < -0.3 is 0 Å². The Bertz CT molecular complexity index is 393. The van der Waals surface area contributed by atoms with Gasteiger partial charge in [0, 0.05) is 27.0 Å². The van der Waals surface area contributed by atoms with Crippen LogP contribution in [-0.4, -0.2) is 5.78 Å². The van der Waals surface area contributed by atoms with Gasteiger partial charge in [-0.05, 0) is 40.8 Å². The lowest BCUT2D eigenvalue weighted by Gasteiger charge is -2.02. The average Bonchev–Trinajstić information content (AvgIpc) is 2.18. The summed E-state index contributed by atoms with van der Waals surface area (Å²) in [6.45, 7) is 0. The summed E-state index contributed by atoms with van der Waals surface area (Å²) in [7, 11) is 0. The van der Waals surface area contributed by atoms with Gasteiger partial charge in [0.2, 0.25) is 0 Å². The fraction of sp³-hybridized carbons (Fsp3) is 0.182. The smallest absolute Gasteiger partial charge is 0.164 e. The third-order valence-electron chi connectivity index (χ3n) is 1.73. The molecule has 1 rings (SSSR count). The highest BCUT2D eigenvalue weighted by Gasteiger charge is 2.09. The molecular formula is C11H8ClIO. The SMILES string of the molecule is C#CCCC(=O)c1cc(Cl)ccc1I. The fourth-order valence-corrected chi connectivity index (χ4v) is 1.84. The molecule has 0 aliphatic rings. The standard InChI is InChI=1S/C11H8ClIO/c1-2-3-4-11(14)9-7-8(12)5-6-10(9)13/h1,5-7H,3-4H2. The Hall–Kier alpha value is -0.530. The van der Waals surface area contributed by atoms with Crippen LogP contribution in [0.3, 0.4) is 0 Å². The van der Waals surface area contributed by atoms with Crippen molar-refractivity contribution in [3.05, 3.63) is 32.4 Å². The molecule has 72 valence electrons. The summed E-state index contributed by atoms with van der Waals surface area (Å²) < 4.78 is 0.911. The normalized spacial score (nSPS) is 9.50. The zero-order valence-corrected chi connectivity index (χ0v) is 10.3. The first-order valence-electron chi connectivity index (χ1n) is 4.07. The van der Waals surface area contributed by atoms with Crippen LogP contribution in [0.15, 0.2) is 18.2 Å². The van der Waals surface area contributed by atoms with Gasteiger partial charge in [-0.1, -0.05) is 11.6 Å². The number of halogens is 2. The van der Waals surface area contributed by atoms with Gasteiger partial charge in [0.05, 0.1) is 0 Å². The molecule has 0 aromatic heterocycles. The van der Waals surface area contributed by atoms with Crippen LogP contribution in [0.5, 0.6) is 0 Å². The van der Waals surface area contributed by atoms with Crippen molar-refractivity contribution in [2.75, 3.05) is 0 Å². The fourth-order valence-electron chi connectivity index (χ4n) is 1.03. The first-order valence-corrected chi connectivity index (χ1v) is 5.52. The number of benzene rings is 1. The van der Waals surface area contributed by atoms with Crippen molar-refractivity contribution in [3.8, 4) is 12.3 Å². The topological polar surface area (TPSA) is 17.1 Å². The molecule has 1 nitrogen and oxygen atoms in total. The highest BCUT2D eigenvalue weighted by Crippen LogP contribution is 2.19. The third kappa shape index (κ3) is 3.00. The molecule has 0 atom stereocenters. The van der Waals surface area contributed by atoms with E-state index in [1.54, 1.807) is 12.1 Å².